The van der Waals surface area contributed by atoms with Crippen LogP contribution in [-0.2, 0) is 13.0 Å². The number of aromatic amines is 1. The fourth-order valence-corrected chi connectivity index (χ4v) is 4.74. The van der Waals surface area contributed by atoms with Crippen LogP contribution in [0.3, 0.4) is 0 Å². The van der Waals surface area contributed by atoms with Gasteiger partial charge in [0.2, 0.25) is 0 Å². The summed E-state index contributed by atoms with van der Waals surface area (Å²) in [5, 5.41) is 17.6. The first kappa shape index (κ1) is 14.1. The number of nitrogens with one attached hydrogen (secondary N) is 1. The molecule has 0 bridgehead atoms. The number of aromatic nitrogens is 5. The Kier molecular flexibility index (Phi) is 3.33. The summed E-state index contributed by atoms with van der Waals surface area (Å²) in [5.41, 5.74) is 3.68. The molecule has 1 atom stereocenters. The highest BCUT2D eigenvalue weighted by atomic mass is 32.2. The molecule has 4 heterocycles. The van der Waals surface area contributed by atoms with Gasteiger partial charge in [0.25, 0.3) is 0 Å². The van der Waals surface area contributed by atoms with Gasteiger partial charge in [0.05, 0.1) is 17.6 Å². The minimum Gasteiger partial charge on any atom is -0.368 e. The predicted octanol–water partition coefficient (Wildman–Crippen LogP) is 2.60. The largest absolute Gasteiger partial charge is 0.368 e. The number of H-pyrrole nitrogens is 1. The fraction of sp³-hybridized carbons (Fsp3) is 0.353. The molecule has 7 heteroatoms. The van der Waals surface area contributed by atoms with Crippen LogP contribution in [-0.4, -0.2) is 43.3 Å². The van der Waals surface area contributed by atoms with Gasteiger partial charge in [-0.3, -0.25) is 5.10 Å². The Hall–Kier alpha value is -2.28. The molecule has 3 aromatic rings. The molecule has 0 saturated heterocycles. The van der Waals surface area contributed by atoms with Gasteiger partial charge in [-0.05, 0) is 12.8 Å². The number of benzene rings is 1. The SMILES string of the molecule is c1ccc(-c2nnc3n2CC(CN2CCCc4[nH]ncc42)S3)cc1. The zero-order chi connectivity index (χ0) is 15.9. The van der Waals surface area contributed by atoms with Crippen molar-refractivity contribution in [2.45, 2.75) is 29.8 Å². The van der Waals surface area contributed by atoms with E-state index >= 15 is 0 Å². The van der Waals surface area contributed by atoms with Crippen LogP contribution in [0, 0.1) is 0 Å². The van der Waals surface area contributed by atoms with E-state index < -0.39 is 0 Å². The van der Waals surface area contributed by atoms with E-state index in [0.717, 1.165) is 42.6 Å². The summed E-state index contributed by atoms with van der Waals surface area (Å²) < 4.78 is 2.25. The standard InChI is InChI=1S/C17H18N6S/c1-2-5-12(6-3-1)16-20-21-17-23(16)11-13(24-17)10-22-8-4-7-14-15(22)9-18-19-14/h1-3,5-6,9,13H,4,7-8,10-11H2,(H,18,19). The fourth-order valence-electron chi connectivity index (χ4n) is 3.59. The Bertz CT molecular complexity index is 855. The van der Waals surface area contributed by atoms with Crippen molar-refractivity contribution in [2.75, 3.05) is 18.0 Å². The summed E-state index contributed by atoms with van der Waals surface area (Å²) in [6, 6.07) is 10.3. The maximum Gasteiger partial charge on any atom is 0.191 e. The van der Waals surface area contributed by atoms with Crippen LogP contribution in [0.2, 0.25) is 0 Å². The van der Waals surface area contributed by atoms with Crippen molar-refractivity contribution in [3.8, 4) is 11.4 Å². The van der Waals surface area contributed by atoms with E-state index in [0.29, 0.717) is 5.25 Å². The predicted molar refractivity (Wildman–Crippen MR) is 94.2 cm³/mol. The maximum atomic E-state index is 4.39. The third kappa shape index (κ3) is 2.31. The van der Waals surface area contributed by atoms with E-state index in [1.54, 1.807) is 0 Å². The van der Waals surface area contributed by atoms with Crippen molar-refractivity contribution in [1.82, 2.24) is 25.0 Å². The van der Waals surface area contributed by atoms with Gasteiger partial charge in [0.15, 0.2) is 11.0 Å². The van der Waals surface area contributed by atoms with Crippen LogP contribution in [0.15, 0.2) is 41.7 Å². The monoisotopic (exact) mass is 338 g/mol. The van der Waals surface area contributed by atoms with E-state index in [-0.39, 0.29) is 0 Å². The molecule has 1 aromatic carbocycles. The minimum atomic E-state index is 0.499. The third-order valence-electron chi connectivity index (χ3n) is 4.72. The molecule has 6 nitrogen and oxygen atoms in total. The van der Waals surface area contributed by atoms with E-state index in [1.807, 2.05) is 36.2 Å². The minimum absolute atomic E-state index is 0.499. The second-order valence-corrected chi connectivity index (χ2v) is 7.57. The molecule has 2 aromatic heterocycles. The first-order valence-corrected chi connectivity index (χ1v) is 9.19. The second kappa shape index (κ2) is 5.66. The van der Waals surface area contributed by atoms with Gasteiger partial charge < -0.3 is 9.47 Å². The van der Waals surface area contributed by atoms with Gasteiger partial charge in [-0.15, -0.1) is 10.2 Å². The van der Waals surface area contributed by atoms with E-state index in [9.17, 15) is 0 Å². The van der Waals surface area contributed by atoms with Crippen LogP contribution in [0.5, 0.6) is 0 Å². The highest BCUT2D eigenvalue weighted by molar-refractivity contribution is 8.00. The maximum absolute atomic E-state index is 4.39. The van der Waals surface area contributed by atoms with Crippen LogP contribution in [0.25, 0.3) is 11.4 Å². The number of aryl methyl sites for hydroxylation is 1. The van der Waals surface area contributed by atoms with E-state index in [1.165, 1.54) is 17.8 Å². The molecule has 0 radical (unpaired) electrons. The average molecular weight is 338 g/mol. The Balaban J connectivity index is 1.36. The molecular formula is C17H18N6S. The Labute approximate surface area is 144 Å². The second-order valence-electron chi connectivity index (χ2n) is 6.31. The average Bonchev–Trinajstić information content (AvgIpc) is 3.31. The van der Waals surface area contributed by atoms with E-state index in [2.05, 4.69) is 42.0 Å². The van der Waals surface area contributed by atoms with Gasteiger partial charge in [-0.1, -0.05) is 42.1 Å². The smallest absolute Gasteiger partial charge is 0.191 e. The van der Waals surface area contributed by atoms with Crippen molar-refractivity contribution < 1.29 is 0 Å². The quantitative estimate of drug-likeness (QED) is 0.795. The van der Waals surface area contributed by atoms with Crippen molar-refractivity contribution in [3.63, 3.8) is 0 Å². The van der Waals surface area contributed by atoms with Gasteiger partial charge in [-0.2, -0.15) is 5.10 Å². The Morgan fingerprint density at radius 1 is 1.21 bits per heavy atom. The number of hydrogen-bond acceptors (Lipinski definition) is 5. The number of fused-ring (bicyclic) bond motifs is 2. The number of rotatable bonds is 3. The summed E-state index contributed by atoms with van der Waals surface area (Å²) in [7, 11) is 0. The lowest BCUT2D eigenvalue weighted by atomic mass is 10.1. The molecule has 1 unspecified atom stereocenters. The molecule has 0 spiro atoms. The zero-order valence-corrected chi connectivity index (χ0v) is 14.0. The lowest BCUT2D eigenvalue weighted by Crippen LogP contribution is -2.35. The van der Waals surface area contributed by atoms with Crippen molar-refractivity contribution in [2.24, 2.45) is 0 Å². The van der Waals surface area contributed by atoms with Crippen molar-refractivity contribution in [3.05, 3.63) is 42.2 Å². The molecule has 2 aliphatic heterocycles. The summed E-state index contributed by atoms with van der Waals surface area (Å²) in [5.74, 6) is 0.975. The molecule has 5 rings (SSSR count). The molecular weight excluding hydrogens is 320 g/mol. The first-order chi connectivity index (χ1) is 11.9. The summed E-state index contributed by atoms with van der Waals surface area (Å²) >= 11 is 1.84. The summed E-state index contributed by atoms with van der Waals surface area (Å²) in [6.45, 7) is 3.09. The van der Waals surface area contributed by atoms with Crippen molar-refractivity contribution >= 4 is 17.4 Å². The van der Waals surface area contributed by atoms with Crippen LogP contribution in [0.4, 0.5) is 5.69 Å². The lowest BCUT2D eigenvalue weighted by molar-refractivity contribution is 0.612. The van der Waals surface area contributed by atoms with Gasteiger partial charge in [0, 0.05) is 30.4 Å². The number of anilines is 1. The molecule has 0 fully saturated rings. The van der Waals surface area contributed by atoms with Gasteiger partial charge in [0.1, 0.15) is 0 Å². The highest BCUT2D eigenvalue weighted by Crippen LogP contribution is 2.36. The van der Waals surface area contributed by atoms with Crippen LogP contribution >= 0.6 is 11.8 Å². The normalized spacial score (nSPS) is 19.3. The Morgan fingerprint density at radius 3 is 3.04 bits per heavy atom. The zero-order valence-electron chi connectivity index (χ0n) is 13.2. The van der Waals surface area contributed by atoms with Crippen LogP contribution < -0.4 is 4.90 Å². The molecule has 1 N–H and O–H groups in total. The highest BCUT2D eigenvalue weighted by Gasteiger charge is 2.30. The number of thioether (sulfide) groups is 1. The molecule has 122 valence electrons. The molecule has 0 aliphatic carbocycles. The van der Waals surface area contributed by atoms with E-state index in [4.69, 9.17) is 0 Å². The Morgan fingerprint density at radius 2 is 2.12 bits per heavy atom. The third-order valence-corrected chi connectivity index (χ3v) is 5.87. The molecule has 24 heavy (non-hydrogen) atoms. The first-order valence-electron chi connectivity index (χ1n) is 8.31. The summed E-state index contributed by atoms with van der Waals surface area (Å²) in [4.78, 5) is 2.46. The van der Waals surface area contributed by atoms with Crippen molar-refractivity contribution in [1.29, 1.82) is 0 Å². The lowest BCUT2D eigenvalue weighted by Gasteiger charge is -2.30. The molecule has 0 amide bonds. The van der Waals surface area contributed by atoms with Crippen LogP contribution in [0.1, 0.15) is 12.1 Å². The summed E-state index contributed by atoms with van der Waals surface area (Å²) in [6.07, 6.45) is 4.25. The molecule has 2 aliphatic rings. The number of hydrogen-bond donors (Lipinski definition) is 1. The topological polar surface area (TPSA) is 62.6 Å². The molecule has 0 saturated carbocycles. The van der Waals surface area contributed by atoms with Gasteiger partial charge >= 0.3 is 0 Å². The number of nitrogens with zero attached hydrogens (tertiary/aromatic N) is 5. The van der Waals surface area contributed by atoms with Gasteiger partial charge in [-0.25, -0.2) is 0 Å².